The summed E-state index contributed by atoms with van der Waals surface area (Å²) in [7, 11) is 0. The lowest BCUT2D eigenvalue weighted by Crippen LogP contribution is -2.13. The van der Waals surface area contributed by atoms with E-state index >= 15 is 0 Å². The zero-order valence-corrected chi connectivity index (χ0v) is 16.3. The Morgan fingerprint density at radius 1 is 0.839 bits per heavy atom. The number of carbonyl (C=O) groups is 1. The highest BCUT2D eigenvalue weighted by Crippen LogP contribution is 2.30. The van der Waals surface area contributed by atoms with Gasteiger partial charge in [-0.1, -0.05) is 30.3 Å². The van der Waals surface area contributed by atoms with E-state index in [1.54, 1.807) is 48.5 Å². The summed E-state index contributed by atoms with van der Waals surface area (Å²) in [5.74, 6) is 0.724. The monoisotopic (exact) mass is 411 g/mol. The maximum Gasteiger partial charge on any atom is 0.270 e. The molecule has 0 aliphatic heterocycles. The van der Waals surface area contributed by atoms with Gasteiger partial charge in [0, 0.05) is 23.3 Å². The van der Waals surface area contributed by atoms with Crippen molar-refractivity contribution in [2.24, 2.45) is 5.73 Å². The average molecular weight is 411 g/mol. The van der Waals surface area contributed by atoms with Crippen molar-refractivity contribution in [1.82, 2.24) is 4.98 Å². The topological polar surface area (TPSA) is 108 Å². The Kier molecular flexibility index (Phi) is 5.40. The van der Waals surface area contributed by atoms with E-state index in [0.717, 1.165) is 0 Å². The Labute approximate surface area is 177 Å². The highest BCUT2D eigenvalue weighted by molar-refractivity contribution is 5.99. The second-order valence-electron chi connectivity index (χ2n) is 6.70. The standard InChI is InChI=1S/C24H17N3O4/c25-24(28)21-13-14-22(17-5-4-6-18(15-17)27(29)30)26-23(21)16-9-11-20(12-10-16)31-19-7-2-1-3-8-19/h1-15H,(H2,25,28). The number of nitrogens with two attached hydrogens (primary N) is 1. The molecule has 1 heterocycles. The number of primary amides is 1. The highest BCUT2D eigenvalue weighted by atomic mass is 16.6. The SMILES string of the molecule is NC(=O)c1ccc(-c2cccc([N+](=O)[O-])c2)nc1-c1ccc(Oc2ccccc2)cc1. The molecule has 1 aromatic heterocycles. The van der Waals surface area contributed by atoms with Gasteiger partial charge in [-0.25, -0.2) is 4.98 Å². The largest absolute Gasteiger partial charge is 0.457 e. The molecule has 4 rings (SSSR count). The fourth-order valence-electron chi connectivity index (χ4n) is 3.12. The van der Waals surface area contributed by atoms with Crippen LogP contribution in [0.15, 0.2) is 91.0 Å². The van der Waals surface area contributed by atoms with Gasteiger partial charge < -0.3 is 10.5 Å². The third-order valence-electron chi connectivity index (χ3n) is 4.62. The number of benzene rings is 3. The van der Waals surface area contributed by atoms with Crippen LogP contribution in [0.1, 0.15) is 10.4 Å². The molecule has 0 bridgehead atoms. The molecule has 31 heavy (non-hydrogen) atoms. The molecule has 2 N–H and O–H groups in total. The van der Waals surface area contributed by atoms with Crippen molar-refractivity contribution in [2.45, 2.75) is 0 Å². The summed E-state index contributed by atoms with van der Waals surface area (Å²) in [5, 5.41) is 11.1. The quantitative estimate of drug-likeness (QED) is 0.346. The molecule has 0 fully saturated rings. The summed E-state index contributed by atoms with van der Waals surface area (Å²) < 4.78 is 5.80. The maximum absolute atomic E-state index is 12.0. The van der Waals surface area contributed by atoms with E-state index in [9.17, 15) is 14.9 Å². The predicted molar refractivity (Wildman–Crippen MR) is 117 cm³/mol. The summed E-state index contributed by atoms with van der Waals surface area (Å²) in [6.45, 7) is 0. The van der Waals surface area contributed by atoms with Crippen LogP contribution in [0.2, 0.25) is 0 Å². The van der Waals surface area contributed by atoms with E-state index in [4.69, 9.17) is 10.5 Å². The number of nitro groups is 1. The van der Waals surface area contributed by atoms with Gasteiger partial charge in [0.25, 0.3) is 11.6 Å². The van der Waals surface area contributed by atoms with Crippen LogP contribution in [0.4, 0.5) is 5.69 Å². The van der Waals surface area contributed by atoms with E-state index in [0.29, 0.717) is 34.0 Å². The molecule has 7 heteroatoms. The van der Waals surface area contributed by atoms with Crippen molar-refractivity contribution in [3.63, 3.8) is 0 Å². The molecule has 4 aromatic rings. The first-order valence-electron chi connectivity index (χ1n) is 9.40. The average Bonchev–Trinajstić information content (AvgIpc) is 2.80. The Balaban J connectivity index is 1.71. The van der Waals surface area contributed by atoms with Crippen molar-refractivity contribution >= 4 is 11.6 Å². The summed E-state index contributed by atoms with van der Waals surface area (Å²) in [6, 6.07) is 25.8. The number of non-ortho nitro benzene ring substituents is 1. The molecule has 0 saturated heterocycles. The predicted octanol–water partition coefficient (Wildman–Crippen LogP) is 5.22. The highest BCUT2D eigenvalue weighted by Gasteiger charge is 2.15. The minimum Gasteiger partial charge on any atom is -0.457 e. The molecule has 0 aliphatic rings. The Morgan fingerprint density at radius 3 is 2.23 bits per heavy atom. The molecule has 0 atom stereocenters. The van der Waals surface area contributed by atoms with Crippen LogP contribution in [0, 0.1) is 10.1 Å². The molecule has 1 amide bonds. The smallest absolute Gasteiger partial charge is 0.270 e. The second kappa shape index (κ2) is 8.46. The van der Waals surface area contributed by atoms with E-state index in [1.165, 1.54) is 12.1 Å². The summed E-state index contributed by atoms with van der Waals surface area (Å²) >= 11 is 0. The third kappa shape index (κ3) is 4.40. The van der Waals surface area contributed by atoms with Crippen LogP contribution in [-0.2, 0) is 0 Å². The zero-order valence-electron chi connectivity index (χ0n) is 16.3. The maximum atomic E-state index is 12.0. The summed E-state index contributed by atoms with van der Waals surface area (Å²) in [6.07, 6.45) is 0. The van der Waals surface area contributed by atoms with Crippen molar-refractivity contribution in [1.29, 1.82) is 0 Å². The van der Waals surface area contributed by atoms with Gasteiger partial charge in [0.05, 0.1) is 21.9 Å². The second-order valence-corrected chi connectivity index (χ2v) is 6.70. The third-order valence-corrected chi connectivity index (χ3v) is 4.62. The van der Waals surface area contributed by atoms with Gasteiger partial charge in [0.2, 0.25) is 0 Å². The molecule has 0 radical (unpaired) electrons. The van der Waals surface area contributed by atoms with Crippen LogP contribution in [0.25, 0.3) is 22.5 Å². The zero-order chi connectivity index (χ0) is 21.8. The van der Waals surface area contributed by atoms with Gasteiger partial charge in [-0.15, -0.1) is 0 Å². The summed E-state index contributed by atoms with van der Waals surface area (Å²) in [4.78, 5) is 27.2. The lowest BCUT2D eigenvalue weighted by Gasteiger charge is -2.11. The lowest BCUT2D eigenvalue weighted by atomic mass is 10.0. The van der Waals surface area contributed by atoms with Crippen LogP contribution in [0.5, 0.6) is 11.5 Å². The Bertz CT molecular complexity index is 1260. The fourth-order valence-corrected chi connectivity index (χ4v) is 3.12. The molecule has 0 saturated carbocycles. The van der Waals surface area contributed by atoms with Gasteiger partial charge in [0.15, 0.2) is 0 Å². The first-order valence-corrected chi connectivity index (χ1v) is 9.40. The van der Waals surface area contributed by atoms with Crippen LogP contribution in [-0.4, -0.2) is 15.8 Å². The van der Waals surface area contributed by atoms with E-state index in [2.05, 4.69) is 4.98 Å². The number of hydrogen-bond acceptors (Lipinski definition) is 5. The van der Waals surface area contributed by atoms with Gasteiger partial charge in [-0.05, 0) is 48.5 Å². The van der Waals surface area contributed by atoms with Crippen LogP contribution < -0.4 is 10.5 Å². The summed E-state index contributed by atoms with van der Waals surface area (Å²) in [5.41, 5.74) is 7.88. The van der Waals surface area contributed by atoms with E-state index in [1.807, 2.05) is 30.3 Å². The molecule has 0 aliphatic carbocycles. The molecular weight excluding hydrogens is 394 g/mol. The number of pyridine rings is 1. The molecular formula is C24H17N3O4. The number of carbonyl (C=O) groups excluding carboxylic acids is 1. The number of nitrogens with zero attached hydrogens (tertiary/aromatic N) is 2. The number of nitro benzene ring substituents is 1. The fraction of sp³-hybridized carbons (Fsp3) is 0. The van der Waals surface area contributed by atoms with Crippen molar-refractivity contribution in [3.8, 4) is 34.0 Å². The first-order chi connectivity index (χ1) is 15.0. The normalized spacial score (nSPS) is 10.5. The van der Waals surface area contributed by atoms with Crippen molar-refractivity contribution in [3.05, 3.63) is 107 Å². The van der Waals surface area contributed by atoms with Crippen molar-refractivity contribution in [2.75, 3.05) is 0 Å². The van der Waals surface area contributed by atoms with Gasteiger partial charge in [-0.3, -0.25) is 14.9 Å². The first kappa shape index (κ1) is 19.8. The number of hydrogen-bond donors (Lipinski definition) is 1. The number of amides is 1. The van der Waals surface area contributed by atoms with Crippen molar-refractivity contribution < 1.29 is 14.5 Å². The minimum absolute atomic E-state index is 0.0396. The number of aromatic nitrogens is 1. The number of ether oxygens (including phenoxy) is 1. The number of para-hydroxylation sites is 1. The molecule has 3 aromatic carbocycles. The molecule has 0 unspecified atom stereocenters. The molecule has 152 valence electrons. The van der Waals surface area contributed by atoms with E-state index < -0.39 is 10.8 Å². The molecule has 7 nitrogen and oxygen atoms in total. The Morgan fingerprint density at radius 2 is 1.55 bits per heavy atom. The lowest BCUT2D eigenvalue weighted by molar-refractivity contribution is -0.384. The van der Waals surface area contributed by atoms with Gasteiger partial charge >= 0.3 is 0 Å². The van der Waals surface area contributed by atoms with Gasteiger partial charge in [-0.2, -0.15) is 0 Å². The Hall–Kier alpha value is -4.52. The number of rotatable bonds is 6. The minimum atomic E-state index is -0.613. The molecule has 0 spiro atoms. The van der Waals surface area contributed by atoms with E-state index in [-0.39, 0.29) is 11.3 Å². The van der Waals surface area contributed by atoms with Crippen LogP contribution in [0.3, 0.4) is 0 Å². The van der Waals surface area contributed by atoms with Crippen LogP contribution >= 0.6 is 0 Å². The van der Waals surface area contributed by atoms with Gasteiger partial charge in [0.1, 0.15) is 11.5 Å².